The lowest BCUT2D eigenvalue weighted by Crippen LogP contribution is -2.19. The molecule has 2 aromatic rings. The van der Waals surface area contributed by atoms with Gasteiger partial charge in [0.2, 0.25) is 0 Å². The summed E-state index contributed by atoms with van der Waals surface area (Å²) < 4.78 is 1.90. The number of aromatic nitrogens is 2. The van der Waals surface area contributed by atoms with Crippen LogP contribution in [0.1, 0.15) is 30.5 Å². The molecule has 108 valence electrons. The molecule has 0 bridgehead atoms. The maximum absolute atomic E-state index is 4.65. The standard InChI is InChI=1S/C17H25N3/c1-12(2)9-18-10-15-11-20(5)19-17(15)16-7-6-13(3)8-14(16)4/h6-8,11-12,18H,9-10H2,1-5H3. The van der Waals surface area contributed by atoms with Crippen molar-refractivity contribution in [2.75, 3.05) is 6.54 Å². The van der Waals surface area contributed by atoms with Crippen molar-refractivity contribution in [1.82, 2.24) is 15.1 Å². The highest BCUT2D eigenvalue weighted by atomic mass is 15.3. The van der Waals surface area contributed by atoms with Gasteiger partial charge in [-0.3, -0.25) is 4.68 Å². The van der Waals surface area contributed by atoms with E-state index in [0.717, 1.165) is 18.8 Å². The predicted molar refractivity (Wildman–Crippen MR) is 84.7 cm³/mol. The van der Waals surface area contributed by atoms with Gasteiger partial charge in [-0.15, -0.1) is 0 Å². The highest BCUT2D eigenvalue weighted by Crippen LogP contribution is 2.26. The van der Waals surface area contributed by atoms with Crippen molar-refractivity contribution in [2.24, 2.45) is 13.0 Å². The highest BCUT2D eigenvalue weighted by molar-refractivity contribution is 5.66. The Balaban J connectivity index is 2.27. The highest BCUT2D eigenvalue weighted by Gasteiger charge is 2.12. The maximum Gasteiger partial charge on any atom is 0.0970 e. The fourth-order valence-electron chi connectivity index (χ4n) is 2.47. The molecule has 0 unspecified atom stereocenters. The number of hydrogen-bond acceptors (Lipinski definition) is 2. The molecule has 20 heavy (non-hydrogen) atoms. The Labute approximate surface area is 122 Å². The Morgan fingerprint density at radius 2 is 2.00 bits per heavy atom. The van der Waals surface area contributed by atoms with Gasteiger partial charge in [-0.25, -0.2) is 0 Å². The van der Waals surface area contributed by atoms with Crippen LogP contribution in [0.2, 0.25) is 0 Å². The third-order valence-corrected chi connectivity index (χ3v) is 3.41. The smallest absolute Gasteiger partial charge is 0.0970 e. The van der Waals surface area contributed by atoms with Gasteiger partial charge in [-0.05, 0) is 31.9 Å². The van der Waals surface area contributed by atoms with E-state index < -0.39 is 0 Å². The van der Waals surface area contributed by atoms with E-state index in [1.165, 1.54) is 22.3 Å². The van der Waals surface area contributed by atoms with E-state index >= 15 is 0 Å². The molecule has 0 saturated carbocycles. The predicted octanol–water partition coefficient (Wildman–Crippen LogP) is 3.45. The lowest BCUT2D eigenvalue weighted by atomic mass is 10.0. The summed E-state index contributed by atoms with van der Waals surface area (Å²) in [4.78, 5) is 0. The summed E-state index contributed by atoms with van der Waals surface area (Å²) in [6.07, 6.45) is 2.11. The lowest BCUT2D eigenvalue weighted by molar-refractivity contribution is 0.552. The number of rotatable bonds is 5. The van der Waals surface area contributed by atoms with E-state index in [1.54, 1.807) is 0 Å². The van der Waals surface area contributed by atoms with Gasteiger partial charge >= 0.3 is 0 Å². The second-order valence-corrected chi connectivity index (χ2v) is 6.02. The Bertz CT molecular complexity index is 582. The van der Waals surface area contributed by atoms with E-state index in [0.29, 0.717) is 5.92 Å². The van der Waals surface area contributed by atoms with Crippen LogP contribution in [-0.2, 0) is 13.6 Å². The van der Waals surface area contributed by atoms with Crippen molar-refractivity contribution in [3.8, 4) is 11.3 Å². The van der Waals surface area contributed by atoms with Crippen LogP contribution in [0.5, 0.6) is 0 Å². The minimum absolute atomic E-state index is 0.663. The van der Waals surface area contributed by atoms with Crippen LogP contribution in [0.4, 0.5) is 0 Å². The summed E-state index contributed by atoms with van der Waals surface area (Å²) in [5, 5.41) is 8.15. The van der Waals surface area contributed by atoms with Crippen molar-refractivity contribution in [1.29, 1.82) is 0 Å². The fraction of sp³-hybridized carbons (Fsp3) is 0.471. The monoisotopic (exact) mass is 271 g/mol. The Morgan fingerprint density at radius 3 is 2.65 bits per heavy atom. The first-order valence-corrected chi connectivity index (χ1v) is 7.28. The van der Waals surface area contributed by atoms with E-state index in [1.807, 2.05) is 11.7 Å². The molecule has 0 fully saturated rings. The largest absolute Gasteiger partial charge is 0.312 e. The molecule has 1 aromatic carbocycles. The Morgan fingerprint density at radius 1 is 1.25 bits per heavy atom. The molecule has 2 rings (SSSR count). The molecule has 1 N–H and O–H groups in total. The summed E-state index contributed by atoms with van der Waals surface area (Å²) >= 11 is 0. The normalized spacial score (nSPS) is 11.3. The first-order chi connectivity index (χ1) is 9.47. The van der Waals surface area contributed by atoms with Crippen LogP contribution in [0.3, 0.4) is 0 Å². The molecular weight excluding hydrogens is 246 g/mol. The second-order valence-electron chi connectivity index (χ2n) is 6.02. The Hall–Kier alpha value is -1.61. The quantitative estimate of drug-likeness (QED) is 0.902. The van der Waals surface area contributed by atoms with Crippen molar-refractivity contribution in [3.63, 3.8) is 0 Å². The molecule has 3 nitrogen and oxygen atoms in total. The molecule has 0 spiro atoms. The number of nitrogens with zero attached hydrogens (tertiary/aromatic N) is 2. The van der Waals surface area contributed by atoms with Crippen molar-refractivity contribution in [2.45, 2.75) is 34.2 Å². The molecule has 3 heteroatoms. The molecule has 0 aliphatic rings. The van der Waals surface area contributed by atoms with E-state index in [2.05, 4.69) is 62.5 Å². The van der Waals surface area contributed by atoms with Gasteiger partial charge in [0, 0.05) is 30.9 Å². The van der Waals surface area contributed by atoms with Crippen molar-refractivity contribution < 1.29 is 0 Å². The zero-order valence-electron chi connectivity index (χ0n) is 13.2. The summed E-state index contributed by atoms with van der Waals surface area (Å²) in [7, 11) is 1.99. The average Bonchev–Trinajstić information content (AvgIpc) is 2.70. The van der Waals surface area contributed by atoms with E-state index in [9.17, 15) is 0 Å². The number of benzene rings is 1. The lowest BCUT2D eigenvalue weighted by Gasteiger charge is -2.09. The molecule has 0 saturated heterocycles. The molecule has 0 aliphatic heterocycles. The topological polar surface area (TPSA) is 29.9 Å². The van der Waals surface area contributed by atoms with Crippen LogP contribution in [0, 0.1) is 19.8 Å². The molecule has 0 atom stereocenters. The van der Waals surface area contributed by atoms with Crippen molar-refractivity contribution >= 4 is 0 Å². The van der Waals surface area contributed by atoms with E-state index in [-0.39, 0.29) is 0 Å². The van der Waals surface area contributed by atoms with Crippen molar-refractivity contribution in [3.05, 3.63) is 41.1 Å². The zero-order chi connectivity index (χ0) is 14.7. The summed E-state index contributed by atoms with van der Waals surface area (Å²) in [5.41, 5.74) is 6.18. The summed E-state index contributed by atoms with van der Waals surface area (Å²) in [6.45, 7) is 10.6. The van der Waals surface area contributed by atoms with E-state index in [4.69, 9.17) is 0 Å². The second kappa shape index (κ2) is 6.23. The third kappa shape index (κ3) is 3.48. The number of nitrogens with one attached hydrogen (secondary N) is 1. The minimum Gasteiger partial charge on any atom is -0.312 e. The SMILES string of the molecule is Cc1ccc(-c2nn(C)cc2CNCC(C)C)c(C)c1. The molecule has 0 amide bonds. The molecule has 1 heterocycles. The fourth-order valence-corrected chi connectivity index (χ4v) is 2.47. The van der Waals surface area contributed by atoms with Gasteiger partial charge in [0.1, 0.15) is 0 Å². The van der Waals surface area contributed by atoms with Gasteiger partial charge in [0.15, 0.2) is 0 Å². The van der Waals surface area contributed by atoms with Gasteiger partial charge in [-0.1, -0.05) is 37.6 Å². The molecule has 0 aliphatic carbocycles. The third-order valence-electron chi connectivity index (χ3n) is 3.41. The van der Waals surface area contributed by atoms with Crippen LogP contribution >= 0.6 is 0 Å². The zero-order valence-corrected chi connectivity index (χ0v) is 13.2. The molecular formula is C17H25N3. The average molecular weight is 271 g/mol. The number of aryl methyl sites for hydroxylation is 3. The van der Waals surface area contributed by atoms with Crippen LogP contribution in [0.25, 0.3) is 11.3 Å². The maximum atomic E-state index is 4.65. The van der Waals surface area contributed by atoms with Gasteiger partial charge in [0.25, 0.3) is 0 Å². The molecule has 0 radical (unpaired) electrons. The minimum atomic E-state index is 0.663. The van der Waals surface area contributed by atoms with Crippen LogP contribution < -0.4 is 5.32 Å². The first kappa shape index (κ1) is 14.8. The van der Waals surface area contributed by atoms with Gasteiger partial charge in [0.05, 0.1) is 5.69 Å². The summed E-state index contributed by atoms with van der Waals surface area (Å²) in [5.74, 6) is 0.663. The van der Waals surface area contributed by atoms with Crippen LogP contribution in [0.15, 0.2) is 24.4 Å². The Kier molecular flexibility index (Phi) is 4.61. The van der Waals surface area contributed by atoms with Gasteiger partial charge < -0.3 is 5.32 Å². The van der Waals surface area contributed by atoms with Crippen LogP contribution in [-0.4, -0.2) is 16.3 Å². The number of hydrogen-bond donors (Lipinski definition) is 1. The first-order valence-electron chi connectivity index (χ1n) is 7.28. The van der Waals surface area contributed by atoms with Gasteiger partial charge in [-0.2, -0.15) is 5.10 Å². The summed E-state index contributed by atoms with van der Waals surface area (Å²) in [6, 6.07) is 6.55. The molecule has 1 aromatic heterocycles.